The summed E-state index contributed by atoms with van der Waals surface area (Å²) in [5.74, 6) is -0.192. The van der Waals surface area contributed by atoms with Crippen molar-refractivity contribution >= 4 is 11.8 Å². The summed E-state index contributed by atoms with van der Waals surface area (Å²) < 4.78 is 19.1. The number of likely N-dealkylation sites (tertiary alicyclic amines) is 1. The molecule has 23 heavy (non-hydrogen) atoms. The molecule has 2 amide bonds. The third-order valence-corrected chi connectivity index (χ3v) is 5.24. The summed E-state index contributed by atoms with van der Waals surface area (Å²) >= 11 is 0. The molecule has 1 spiro atoms. The van der Waals surface area contributed by atoms with Crippen molar-refractivity contribution in [2.75, 3.05) is 19.7 Å². The van der Waals surface area contributed by atoms with Gasteiger partial charge in [-0.3, -0.25) is 9.59 Å². The van der Waals surface area contributed by atoms with E-state index in [2.05, 4.69) is 0 Å². The van der Waals surface area contributed by atoms with Crippen LogP contribution in [-0.4, -0.2) is 53.1 Å². The van der Waals surface area contributed by atoms with Crippen molar-refractivity contribution in [1.29, 1.82) is 0 Å². The summed E-state index contributed by atoms with van der Waals surface area (Å²) in [6.07, 6.45) is 1.87. The van der Waals surface area contributed by atoms with Gasteiger partial charge in [-0.1, -0.05) is 12.1 Å². The highest BCUT2D eigenvalue weighted by Crippen LogP contribution is 2.45. The van der Waals surface area contributed by atoms with Crippen LogP contribution in [0.4, 0.5) is 4.39 Å². The number of ether oxygens (including phenoxy) is 1. The van der Waals surface area contributed by atoms with Crippen molar-refractivity contribution in [2.24, 2.45) is 0 Å². The zero-order valence-corrected chi connectivity index (χ0v) is 12.8. The van der Waals surface area contributed by atoms with E-state index in [1.165, 1.54) is 12.1 Å². The van der Waals surface area contributed by atoms with Gasteiger partial charge in [-0.25, -0.2) is 4.39 Å². The number of rotatable bonds is 3. The second-order valence-electron chi connectivity index (χ2n) is 6.43. The maximum atomic E-state index is 13.2. The lowest BCUT2D eigenvalue weighted by molar-refractivity contribution is -0.139. The maximum absolute atomic E-state index is 13.2. The van der Waals surface area contributed by atoms with Gasteiger partial charge in [-0.05, 0) is 24.1 Å². The van der Waals surface area contributed by atoms with E-state index >= 15 is 0 Å². The van der Waals surface area contributed by atoms with Crippen LogP contribution in [0.1, 0.15) is 24.8 Å². The number of hydrogen-bond acceptors (Lipinski definition) is 3. The third-order valence-electron chi connectivity index (χ3n) is 5.24. The van der Waals surface area contributed by atoms with E-state index in [0.29, 0.717) is 45.4 Å². The molecule has 4 rings (SSSR count). The van der Waals surface area contributed by atoms with E-state index < -0.39 is 5.72 Å². The summed E-state index contributed by atoms with van der Waals surface area (Å²) in [4.78, 5) is 28.3. The number of aryl methyl sites for hydroxylation is 1. The first kappa shape index (κ1) is 14.6. The Morgan fingerprint density at radius 1 is 1.39 bits per heavy atom. The SMILES string of the molecule is O=C(CCc1cccc(F)c1)N1CC[C@@]23OCCN2C(=O)C[C@@H]13. The normalized spacial score (nSPS) is 29.1. The molecule has 3 heterocycles. The lowest BCUT2D eigenvalue weighted by Gasteiger charge is -2.31. The van der Waals surface area contributed by atoms with Crippen LogP contribution in [-0.2, 0) is 20.7 Å². The Bertz CT molecular complexity index is 665. The van der Waals surface area contributed by atoms with Crippen LogP contribution >= 0.6 is 0 Å². The van der Waals surface area contributed by atoms with Gasteiger partial charge in [0, 0.05) is 25.9 Å². The molecule has 0 aromatic heterocycles. The maximum Gasteiger partial charge on any atom is 0.227 e. The molecule has 3 aliphatic heterocycles. The molecular formula is C17H19FN2O3. The van der Waals surface area contributed by atoms with Crippen molar-refractivity contribution in [3.05, 3.63) is 35.6 Å². The van der Waals surface area contributed by atoms with Crippen molar-refractivity contribution in [3.8, 4) is 0 Å². The lowest BCUT2D eigenvalue weighted by atomic mass is 10.1. The molecule has 3 saturated heterocycles. The fraction of sp³-hybridized carbons (Fsp3) is 0.529. The molecule has 3 fully saturated rings. The molecule has 122 valence electrons. The average Bonchev–Trinajstić information content (AvgIpc) is 3.16. The highest BCUT2D eigenvalue weighted by molar-refractivity contribution is 5.84. The van der Waals surface area contributed by atoms with Gasteiger partial charge in [0.25, 0.3) is 0 Å². The summed E-state index contributed by atoms with van der Waals surface area (Å²) in [6.45, 7) is 1.80. The van der Waals surface area contributed by atoms with Gasteiger partial charge in [0.2, 0.25) is 11.8 Å². The highest BCUT2D eigenvalue weighted by Gasteiger charge is 2.62. The van der Waals surface area contributed by atoms with Crippen molar-refractivity contribution in [3.63, 3.8) is 0 Å². The predicted molar refractivity (Wildman–Crippen MR) is 79.9 cm³/mol. The first-order valence-electron chi connectivity index (χ1n) is 8.08. The van der Waals surface area contributed by atoms with Crippen LogP contribution in [0.25, 0.3) is 0 Å². The molecule has 6 heteroatoms. The van der Waals surface area contributed by atoms with Gasteiger partial charge in [-0.2, -0.15) is 0 Å². The number of benzene rings is 1. The van der Waals surface area contributed by atoms with E-state index in [4.69, 9.17) is 4.74 Å². The fourth-order valence-corrected chi connectivity index (χ4v) is 4.18. The molecule has 0 saturated carbocycles. The molecule has 0 unspecified atom stereocenters. The van der Waals surface area contributed by atoms with Crippen molar-refractivity contribution in [2.45, 2.75) is 37.5 Å². The first-order chi connectivity index (χ1) is 11.1. The Morgan fingerprint density at radius 2 is 2.26 bits per heavy atom. The van der Waals surface area contributed by atoms with E-state index in [9.17, 15) is 14.0 Å². The molecule has 0 radical (unpaired) electrons. The summed E-state index contributed by atoms with van der Waals surface area (Å²) in [5.41, 5.74) is 0.236. The summed E-state index contributed by atoms with van der Waals surface area (Å²) in [6, 6.07) is 6.16. The van der Waals surface area contributed by atoms with E-state index in [1.807, 2.05) is 6.07 Å². The van der Waals surface area contributed by atoms with Gasteiger partial charge < -0.3 is 14.5 Å². The molecule has 1 aromatic carbocycles. The van der Waals surface area contributed by atoms with Gasteiger partial charge >= 0.3 is 0 Å². The Balaban J connectivity index is 1.45. The van der Waals surface area contributed by atoms with Crippen LogP contribution in [0.3, 0.4) is 0 Å². The first-order valence-corrected chi connectivity index (χ1v) is 8.08. The Labute approximate surface area is 134 Å². The molecule has 0 bridgehead atoms. The molecule has 2 atom stereocenters. The molecule has 1 aromatic rings. The fourth-order valence-electron chi connectivity index (χ4n) is 4.18. The minimum atomic E-state index is -0.578. The van der Waals surface area contributed by atoms with Gasteiger partial charge in [0.15, 0.2) is 5.72 Å². The quantitative estimate of drug-likeness (QED) is 0.844. The minimum absolute atomic E-state index is 0.0151. The number of halogens is 1. The zero-order valence-electron chi connectivity index (χ0n) is 12.8. The summed E-state index contributed by atoms with van der Waals surface area (Å²) in [7, 11) is 0. The number of carbonyl (C=O) groups excluding carboxylic acids is 2. The Morgan fingerprint density at radius 3 is 3.09 bits per heavy atom. The number of amides is 2. The van der Waals surface area contributed by atoms with Crippen LogP contribution in [0, 0.1) is 5.82 Å². The van der Waals surface area contributed by atoms with E-state index in [0.717, 1.165) is 5.56 Å². The second-order valence-corrected chi connectivity index (χ2v) is 6.43. The number of carbonyl (C=O) groups is 2. The second kappa shape index (κ2) is 5.30. The standard InChI is InChI=1S/C17H19FN2O3/c18-13-3-1-2-12(10-13)4-5-15(21)19-7-6-17-14(19)11-16(22)20(17)8-9-23-17/h1-3,10,14H,4-9,11H2/t14-,17+/m1/s1. The van der Waals surface area contributed by atoms with E-state index in [1.54, 1.807) is 15.9 Å². The highest BCUT2D eigenvalue weighted by atomic mass is 19.1. The van der Waals surface area contributed by atoms with E-state index in [-0.39, 0.29) is 23.7 Å². The van der Waals surface area contributed by atoms with Crippen LogP contribution in [0.2, 0.25) is 0 Å². The van der Waals surface area contributed by atoms with Crippen molar-refractivity contribution in [1.82, 2.24) is 9.80 Å². The molecular weight excluding hydrogens is 299 g/mol. The van der Waals surface area contributed by atoms with Gasteiger partial charge in [0.05, 0.1) is 19.1 Å². The Kier molecular flexibility index (Phi) is 3.37. The largest absolute Gasteiger partial charge is 0.351 e. The monoisotopic (exact) mass is 318 g/mol. The molecule has 0 aliphatic carbocycles. The smallest absolute Gasteiger partial charge is 0.227 e. The lowest BCUT2D eigenvalue weighted by Crippen LogP contribution is -2.48. The molecule has 3 aliphatic rings. The van der Waals surface area contributed by atoms with Gasteiger partial charge in [-0.15, -0.1) is 0 Å². The molecule has 0 N–H and O–H groups in total. The third kappa shape index (κ3) is 2.24. The predicted octanol–water partition coefficient (Wildman–Crippen LogP) is 1.32. The topological polar surface area (TPSA) is 49.9 Å². The van der Waals surface area contributed by atoms with Crippen LogP contribution < -0.4 is 0 Å². The average molecular weight is 318 g/mol. The molecule has 5 nitrogen and oxygen atoms in total. The summed E-state index contributed by atoms with van der Waals surface area (Å²) in [5, 5.41) is 0. The number of nitrogens with zero attached hydrogens (tertiary/aromatic N) is 2. The number of hydrogen-bond donors (Lipinski definition) is 0. The Hall–Kier alpha value is -1.95. The van der Waals surface area contributed by atoms with Gasteiger partial charge in [0.1, 0.15) is 5.82 Å². The minimum Gasteiger partial charge on any atom is -0.351 e. The van der Waals surface area contributed by atoms with Crippen molar-refractivity contribution < 1.29 is 18.7 Å². The van der Waals surface area contributed by atoms with Crippen LogP contribution in [0.15, 0.2) is 24.3 Å². The van der Waals surface area contributed by atoms with Crippen LogP contribution in [0.5, 0.6) is 0 Å². The zero-order chi connectivity index (χ0) is 16.0.